The summed E-state index contributed by atoms with van der Waals surface area (Å²) in [4.78, 5) is 26.4. The average molecular weight is 294 g/mol. The molecule has 0 fully saturated rings. The molecule has 1 unspecified atom stereocenters. The van der Waals surface area contributed by atoms with Crippen molar-refractivity contribution in [2.24, 2.45) is 5.92 Å². The van der Waals surface area contributed by atoms with Crippen LogP contribution in [0.4, 0.5) is 0 Å². The zero-order chi connectivity index (χ0) is 15.7. The Morgan fingerprint density at radius 3 is 2.57 bits per heavy atom. The van der Waals surface area contributed by atoms with Gasteiger partial charge >= 0.3 is 0 Å². The molecule has 1 N–H and O–H groups in total. The summed E-state index contributed by atoms with van der Waals surface area (Å²) >= 11 is 0. The molecule has 0 saturated carbocycles. The standard InChI is InChI=1S/C17H30N2O2/c1-4-14(2)16-17(21)19(3)13-11-9-7-5-6-8-10-12-15(20)18-16/h5,7,14,16H,4,6,8-13H2,1-3H3,(H,18,20)/t14-,16?/m0/s1. The third-order valence-corrected chi connectivity index (χ3v) is 4.23. The highest BCUT2D eigenvalue weighted by atomic mass is 16.2. The first-order valence-electron chi connectivity index (χ1n) is 8.25. The highest BCUT2D eigenvalue weighted by molar-refractivity contribution is 5.87. The van der Waals surface area contributed by atoms with Crippen LogP contribution in [-0.2, 0) is 9.59 Å². The second-order valence-corrected chi connectivity index (χ2v) is 6.05. The van der Waals surface area contributed by atoms with E-state index in [2.05, 4.69) is 24.4 Å². The highest BCUT2D eigenvalue weighted by Crippen LogP contribution is 2.12. The average Bonchev–Trinajstić information content (AvgIpc) is 2.48. The number of likely N-dealkylation sites (N-methyl/N-ethyl adjacent to an activating group) is 1. The molecule has 0 aromatic heterocycles. The molecule has 0 bridgehead atoms. The van der Waals surface area contributed by atoms with Crippen LogP contribution in [0.25, 0.3) is 0 Å². The zero-order valence-electron chi connectivity index (χ0n) is 13.7. The fourth-order valence-electron chi connectivity index (χ4n) is 2.51. The lowest BCUT2D eigenvalue weighted by molar-refractivity contribution is -0.136. The number of hydrogen-bond acceptors (Lipinski definition) is 2. The molecular weight excluding hydrogens is 264 g/mol. The lowest BCUT2D eigenvalue weighted by atomic mass is 9.97. The molecule has 0 aliphatic carbocycles. The molecule has 120 valence electrons. The molecular formula is C17H30N2O2. The number of hydrogen-bond donors (Lipinski definition) is 1. The first-order chi connectivity index (χ1) is 10.1. The molecule has 0 saturated heterocycles. The number of rotatable bonds is 2. The van der Waals surface area contributed by atoms with Crippen LogP contribution in [0.15, 0.2) is 12.2 Å². The van der Waals surface area contributed by atoms with E-state index in [0.29, 0.717) is 6.42 Å². The quantitative estimate of drug-likeness (QED) is 0.796. The third kappa shape index (κ3) is 6.32. The van der Waals surface area contributed by atoms with Crippen molar-refractivity contribution >= 4 is 11.8 Å². The van der Waals surface area contributed by atoms with Crippen LogP contribution < -0.4 is 5.32 Å². The van der Waals surface area contributed by atoms with Gasteiger partial charge in [-0.3, -0.25) is 9.59 Å². The van der Waals surface area contributed by atoms with Crippen molar-refractivity contribution < 1.29 is 9.59 Å². The van der Waals surface area contributed by atoms with Crippen LogP contribution in [0, 0.1) is 5.92 Å². The smallest absolute Gasteiger partial charge is 0.245 e. The minimum Gasteiger partial charge on any atom is -0.344 e. The predicted molar refractivity (Wildman–Crippen MR) is 85.9 cm³/mol. The van der Waals surface area contributed by atoms with E-state index in [1.807, 2.05) is 14.0 Å². The molecule has 0 aromatic rings. The van der Waals surface area contributed by atoms with Crippen LogP contribution in [0.5, 0.6) is 0 Å². The molecule has 2 amide bonds. The van der Waals surface area contributed by atoms with Crippen molar-refractivity contribution in [3.63, 3.8) is 0 Å². The Labute approximate surface area is 129 Å². The highest BCUT2D eigenvalue weighted by Gasteiger charge is 2.27. The van der Waals surface area contributed by atoms with Crippen molar-refractivity contribution in [3.8, 4) is 0 Å². The molecule has 21 heavy (non-hydrogen) atoms. The van der Waals surface area contributed by atoms with Gasteiger partial charge in [0.15, 0.2) is 0 Å². The van der Waals surface area contributed by atoms with Crippen molar-refractivity contribution in [3.05, 3.63) is 12.2 Å². The number of nitrogens with zero attached hydrogens (tertiary/aromatic N) is 1. The molecule has 4 nitrogen and oxygen atoms in total. The van der Waals surface area contributed by atoms with Gasteiger partial charge in [0.25, 0.3) is 0 Å². The summed E-state index contributed by atoms with van der Waals surface area (Å²) in [5.74, 6) is 0.207. The summed E-state index contributed by atoms with van der Waals surface area (Å²) in [5, 5.41) is 2.95. The van der Waals surface area contributed by atoms with E-state index in [-0.39, 0.29) is 23.8 Å². The first kappa shape index (κ1) is 17.7. The molecule has 2 atom stereocenters. The Balaban J connectivity index is 2.76. The molecule has 1 aliphatic heterocycles. The van der Waals surface area contributed by atoms with Crippen molar-refractivity contribution in [1.82, 2.24) is 10.2 Å². The number of amides is 2. The first-order valence-corrected chi connectivity index (χ1v) is 8.25. The van der Waals surface area contributed by atoms with E-state index in [1.54, 1.807) is 4.90 Å². The molecule has 4 heteroatoms. The van der Waals surface area contributed by atoms with E-state index >= 15 is 0 Å². The van der Waals surface area contributed by atoms with Gasteiger partial charge in [0.2, 0.25) is 11.8 Å². The van der Waals surface area contributed by atoms with E-state index in [1.165, 1.54) is 0 Å². The lowest BCUT2D eigenvalue weighted by Crippen LogP contribution is -2.50. The van der Waals surface area contributed by atoms with Gasteiger partial charge in [0.05, 0.1) is 0 Å². The van der Waals surface area contributed by atoms with Crippen LogP contribution in [0.1, 0.15) is 58.8 Å². The second kappa shape index (κ2) is 9.59. The SMILES string of the molecule is CC[C@H](C)C1NC(=O)CCCCC=CCCCN(C)C1=O. The van der Waals surface area contributed by atoms with E-state index in [4.69, 9.17) is 0 Å². The van der Waals surface area contributed by atoms with E-state index in [0.717, 1.165) is 45.1 Å². The largest absolute Gasteiger partial charge is 0.344 e. The van der Waals surface area contributed by atoms with Crippen molar-refractivity contribution in [2.75, 3.05) is 13.6 Å². The Morgan fingerprint density at radius 2 is 1.90 bits per heavy atom. The molecule has 0 spiro atoms. The number of carbonyl (C=O) groups excluding carboxylic acids is 2. The monoisotopic (exact) mass is 294 g/mol. The molecule has 1 heterocycles. The van der Waals surface area contributed by atoms with Gasteiger partial charge in [-0.05, 0) is 38.0 Å². The lowest BCUT2D eigenvalue weighted by Gasteiger charge is -2.28. The Morgan fingerprint density at radius 1 is 1.24 bits per heavy atom. The number of carbonyl (C=O) groups is 2. The summed E-state index contributed by atoms with van der Waals surface area (Å²) in [6.07, 6.45) is 10.7. The maximum absolute atomic E-state index is 12.6. The molecule has 0 aromatic carbocycles. The van der Waals surface area contributed by atoms with Crippen LogP contribution in [-0.4, -0.2) is 36.3 Å². The Kier molecular flexibility index (Phi) is 8.09. The van der Waals surface area contributed by atoms with Gasteiger partial charge in [-0.25, -0.2) is 0 Å². The normalized spacial score (nSPS) is 24.3. The maximum Gasteiger partial charge on any atom is 0.245 e. The van der Waals surface area contributed by atoms with Crippen molar-refractivity contribution in [2.45, 2.75) is 64.8 Å². The zero-order valence-corrected chi connectivity index (χ0v) is 13.7. The van der Waals surface area contributed by atoms with Crippen molar-refractivity contribution in [1.29, 1.82) is 0 Å². The van der Waals surface area contributed by atoms with Gasteiger partial charge in [-0.15, -0.1) is 0 Å². The Bertz CT molecular complexity index is 366. The number of nitrogens with one attached hydrogen (secondary N) is 1. The van der Waals surface area contributed by atoms with Crippen LogP contribution in [0.3, 0.4) is 0 Å². The van der Waals surface area contributed by atoms with Gasteiger partial charge in [-0.1, -0.05) is 32.4 Å². The topological polar surface area (TPSA) is 49.4 Å². The Hall–Kier alpha value is -1.32. The summed E-state index contributed by atoms with van der Waals surface area (Å²) in [6, 6.07) is -0.383. The van der Waals surface area contributed by atoms with Gasteiger partial charge in [0, 0.05) is 20.0 Å². The predicted octanol–water partition coefficient (Wildman–Crippen LogP) is 2.89. The fraction of sp³-hybridized carbons (Fsp3) is 0.765. The minimum atomic E-state index is -0.383. The van der Waals surface area contributed by atoms with Gasteiger partial charge < -0.3 is 10.2 Å². The maximum atomic E-state index is 12.6. The summed E-state index contributed by atoms with van der Waals surface area (Å²) in [6.45, 7) is 4.83. The molecule has 0 radical (unpaired) electrons. The molecule has 1 aliphatic rings. The van der Waals surface area contributed by atoms with Crippen LogP contribution >= 0.6 is 0 Å². The number of allylic oxidation sites excluding steroid dienone is 2. The van der Waals surface area contributed by atoms with Gasteiger partial charge in [0.1, 0.15) is 6.04 Å². The van der Waals surface area contributed by atoms with E-state index < -0.39 is 0 Å². The van der Waals surface area contributed by atoms with E-state index in [9.17, 15) is 9.59 Å². The second-order valence-electron chi connectivity index (χ2n) is 6.05. The van der Waals surface area contributed by atoms with Crippen LogP contribution in [0.2, 0.25) is 0 Å². The summed E-state index contributed by atoms with van der Waals surface area (Å²) < 4.78 is 0. The third-order valence-electron chi connectivity index (χ3n) is 4.23. The fourth-order valence-corrected chi connectivity index (χ4v) is 2.51. The minimum absolute atomic E-state index is 0.00286. The molecule has 1 rings (SSSR count). The van der Waals surface area contributed by atoms with Gasteiger partial charge in [-0.2, -0.15) is 0 Å². The summed E-state index contributed by atoms with van der Waals surface area (Å²) in [7, 11) is 1.83. The summed E-state index contributed by atoms with van der Waals surface area (Å²) in [5.41, 5.74) is 0.